The second-order valence-electron chi connectivity index (χ2n) is 5.27. The van der Waals surface area contributed by atoms with E-state index in [1.807, 2.05) is 11.3 Å². The second-order valence-corrected chi connectivity index (χ2v) is 6.39. The summed E-state index contributed by atoms with van der Waals surface area (Å²) in [6.45, 7) is 5.54. The summed E-state index contributed by atoms with van der Waals surface area (Å²) in [5, 5.41) is 5.88. The lowest BCUT2D eigenvalue weighted by Gasteiger charge is -2.20. The molecule has 0 spiro atoms. The first-order valence-electron chi connectivity index (χ1n) is 7.08. The molecular formula is C15H25NS. The van der Waals surface area contributed by atoms with Crippen molar-refractivity contribution in [1.29, 1.82) is 0 Å². The predicted octanol–water partition coefficient (Wildman–Crippen LogP) is 4.68. The third-order valence-corrected chi connectivity index (χ3v) is 4.92. The van der Waals surface area contributed by atoms with Crippen LogP contribution in [0.1, 0.15) is 61.9 Å². The number of hydrogen-bond acceptors (Lipinski definition) is 2. The summed E-state index contributed by atoms with van der Waals surface area (Å²) < 4.78 is 0. The predicted molar refractivity (Wildman–Crippen MR) is 76.7 cm³/mol. The van der Waals surface area contributed by atoms with Gasteiger partial charge in [0, 0.05) is 10.9 Å². The van der Waals surface area contributed by atoms with Crippen molar-refractivity contribution in [2.75, 3.05) is 6.54 Å². The summed E-state index contributed by atoms with van der Waals surface area (Å²) in [4.78, 5) is 1.49. The molecule has 0 bridgehead atoms. The van der Waals surface area contributed by atoms with Crippen LogP contribution < -0.4 is 5.32 Å². The monoisotopic (exact) mass is 251 g/mol. The maximum Gasteiger partial charge on any atom is 0.0331 e. The molecule has 0 radical (unpaired) electrons. The minimum Gasteiger partial charge on any atom is -0.310 e. The topological polar surface area (TPSA) is 12.0 Å². The molecule has 1 aliphatic rings. The number of aryl methyl sites for hydroxylation is 1. The number of rotatable bonds is 6. The van der Waals surface area contributed by atoms with Gasteiger partial charge in [-0.2, -0.15) is 0 Å². The molecular weight excluding hydrogens is 226 g/mol. The highest BCUT2D eigenvalue weighted by atomic mass is 32.1. The van der Waals surface area contributed by atoms with Gasteiger partial charge in [-0.3, -0.25) is 0 Å². The van der Waals surface area contributed by atoms with E-state index in [1.54, 1.807) is 0 Å². The van der Waals surface area contributed by atoms with Crippen molar-refractivity contribution in [3.05, 3.63) is 21.9 Å². The Kier molecular flexibility index (Phi) is 5.05. The largest absolute Gasteiger partial charge is 0.310 e. The minimum absolute atomic E-state index is 0.590. The first kappa shape index (κ1) is 13.1. The van der Waals surface area contributed by atoms with E-state index in [0.29, 0.717) is 6.04 Å². The van der Waals surface area contributed by atoms with Crippen LogP contribution in [0.2, 0.25) is 0 Å². The number of thiophene rings is 1. The average molecular weight is 251 g/mol. The van der Waals surface area contributed by atoms with Gasteiger partial charge in [-0.15, -0.1) is 11.3 Å². The van der Waals surface area contributed by atoms with Crippen molar-refractivity contribution in [3.8, 4) is 0 Å². The molecule has 2 rings (SSSR count). The normalized spacial score (nSPS) is 18.7. The first-order valence-corrected chi connectivity index (χ1v) is 7.96. The number of nitrogens with one attached hydrogen (secondary N) is 1. The molecule has 2 heteroatoms. The van der Waals surface area contributed by atoms with Crippen LogP contribution in [0, 0.1) is 12.8 Å². The zero-order valence-electron chi connectivity index (χ0n) is 11.2. The minimum atomic E-state index is 0.590. The molecule has 0 saturated heterocycles. The van der Waals surface area contributed by atoms with E-state index in [0.717, 1.165) is 12.5 Å². The van der Waals surface area contributed by atoms with Gasteiger partial charge in [0.25, 0.3) is 0 Å². The van der Waals surface area contributed by atoms with Crippen LogP contribution in [-0.4, -0.2) is 6.54 Å². The average Bonchev–Trinajstić information content (AvgIpc) is 2.95. The van der Waals surface area contributed by atoms with Crippen LogP contribution >= 0.6 is 11.3 Å². The highest BCUT2D eigenvalue weighted by Crippen LogP contribution is 2.33. The summed E-state index contributed by atoms with van der Waals surface area (Å²) >= 11 is 1.88. The summed E-state index contributed by atoms with van der Waals surface area (Å²) in [5.74, 6) is 1.01. The SMILES string of the molecule is CCNC(CCC1CCCC1)c1ccsc1C. The van der Waals surface area contributed by atoms with Crippen molar-refractivity contribution in [2.45, 2.75) is 58.4 Å². The van der Waals surface area contributed by atoms with Gasteiger partial charge < -0.3 is 5.32 Å². The molecule has 0 aromatic carbocycles. The Hall–Kier alpha value is -0.340. The fourth-order valence-corrected chi connectivity index (χ4v) is 3.84. The van der Waals surface area contributed by atoms with Crippen LogP contribution in [0.3, 0.4) is 0 Å². The number of hydrogen-bond donors (Lipinski definition) is 1. The Labute approximate surface area is 110 Å². The molecule has 1 aliphatic carbocycles. The van der Waals surface area contributed by atoms with Crippen molar-refractivity contribution >= 4 is 11.3 Å². The summed E-state index contributed by atoms with van der Waals surface area (Å²) in [6.07, 6.45) is 8.61. The second kappa shape index (κ2) is 6.55. The van der Waals surface area contributed by atoms with E-state index in [-0.39, 0.29) is 0 Å². The Bertz CT molecular complexity index is 325. The Morgan fingerprint density at radius 1 is 1.41 bits per heavy atom. The Balaban J connectivity index is 1.90. The highest BCUT2D eigenvalue weighted by Gasteiger charge is 2.19. The fraction of sp³-hybridized carbons (Fsp3) is 0.733. The molecule has 1 aromatic rings. The summed E-state index contributed by atoms with van der Waals surface area (Å²) in [7, 11) is 0. The molecule has 0 aliphatic heterocycles. The maximum absolute atomic E-state index is 3.66. The lowest BCUT2D eigenvalue weighted by Crippen LogP contribution is -2.21. The molecule has 1 fully saturated rings. The molecule has 96 valence electrons. The van der Waals surface area contributed by atoms with Crippen LogP contribution in [-0.2, 0) is 0 Å². The van der Waals surface area contributed by atoms with Gasteiger partial charge >= 0.3 is 0 Å². The van der Waals surface area contributed by atoms with E-state index < -0.39 is 0 Å². The zero-order valence-corrected chi connectivity index (χ0v) is 12.0. The standard InChI is InChI=1S/C15H25NS/c1-3-16-15(14-10-11-17-12(14)2)9-8-13-6-4-5-7-13/h10-11,13,15-16H,3-9H2,1-2H3. The molecule has 1 heterocycles. The van der Waals surface area contributed by atoms with Crippen molar-refractivity contribution < 1.29 is 0 Å². The van der Waals surface area contributed by atoms with Crippen LogP contribution in [0.5, 0.6) is 0 Å². The maximum atomic E-state index is 3.66. The van der Waals surface area contributed by atoms with E-state index in [1.165, 1.54) is 49.0 Å². The van der Waals surface area contributed by atoms with Gasteiger partial charge in [0.15, 0.2) is 0 Å². The van der Waals surface area contributed by atoms with Crippen LogP contribution in [0.15, 0.2) is 11.4 Å². The molecule has 1 N–H and O–H groups in total. The third-order valence-electron chi connectivity index (χ3n) is 4.06. The van der Waals surface area contributed by atoms with Gasteiger partial charge in [0.05, 0.1) is 0 Å². The molecule has 1 atom stereocenters. The van der Waals surface area contributed by atoms with Gasteiger partial charge in [-0.05, 0) is 49.2 Å². The van der Waals surface area contributed by atoms with Crippen molar-refractivity contribution in [2.24, 2.45) is 5.92 Å². The smallest absolute Gasteiger partial charge is 0.0331 e. The van der Waals surface area contributed by atoms with Gasteiger partial charge in [-0.1, -0.05) is 32.6 Å². The van der Waals surface area contributed by atoms with Gasteiger partial charge in [0.1, 0.15) is 0 Å². The summed E-state index contributed by atoms with van der Waals surface area (Å²) in [6, 6.07) is 2.90. The Morgan fingerprint density at radius 2 is 2.18 bits per heavy atom. The van der Waals surface area contributed by atoms with Crippen LogP contribution in [0.4, 0.5) is 0 Å². The molecule has 0 amide bonds. The van der Waals surface area contributed by atoms with Gasteiger partial charge in [0.2, 0.25) is 0 Å². The van der Waals surface area contributed by atoms with Crippen LogP contribution in [0.25, 0.3) is 0 Å². The quantitative estimate of drug-likeness (QED) is 0.774. The van der Waals surface area contributed by atoms with Crippen molar-refractivity contribution in [3.63, 3.8) is 0 Å². The fourth-order valence-electron chi connectivity index (χ4n) is 3.07. The van der Waals surface area contributed by atoms with Crippen molar-refractivity contribution in [1.82, 2.24) is 5.32 Å². The van der Waals surface area contributed by atoms with E-state index in [2.05, 4.69) is 30.6 Å². The third kappa shape index (κ3) is 3.56. The first-order chi connectivity index (χ1) is 8.31. The molecule has 1 nitrogen and oxygen atoms in total. The van der Waals surface area contributed by atoms with Gasteiger partial charge in [-0.25, -0.2) is 0 Å². The lowest BCUT2D eigenvalue weighted by atomic mass is 9.95. The highest BCUT2D eigenvalue weighted by molar-refractivity contribution is 7.10. The lowest BCUT2D eigenvalue weighted by molar-refractivity contribution is 0.416. The van der Waals surface area contributed by atoms with E-state index in [9.17, 15) is 0 Å². The van der Waals surface area contributed by atoms with E-state index >= 15 is 0 Å². The van der Waals surface area contributed by atoms with E-state index in [4.69, 9.17) is 0 Å². The summed E-state index contributed by atoms with van der Waals surface area (Å²) in [5.41, 5.74) is 1.54. The molecule has 1 saturated carbocycles. The molecule has 1 aromatic heterocycles. The Morgan fingerprint density at radius 3 is 2.76 bits per heavy atom. The zero-order chi connectivity index (χ0) is 12.1. The molecule has 17 heavy (non-hydrogen) atoms. The molecule has 1 unspecified atom stereocenters.